The third-order valence-corrected chi connectivity index (χ3v) is 7.03. The molecule has 0 saturated carbocycles. The number of hydrogen-bond donors (Lipinski definition) is 1. The summed E-state index contributed by atoms with van der Waals surface area (Å²) in [6.45, 7) is 8.61. The number of fused-ring (bicyclic) bond motifs is 1. The van der Waals surface area contributed by atoms with Crippen LogP contribution in [0.25, 0.3) is 11.0 Å². The third-order valence-electron chi connectivity index (χ3n) is 3.22. The molecule has 0 aliphatic heterocycles. The second-order valence-electron chi connectivity index (χ2n) is 5.51. The van der Waals surface area contributed by atoms with Gasteiger partial charge in [0.15, 0.2) is 0 Å². The van der Waals surface area contributed by atoms with Crippen LogP contribution in [0.2, 0.25) is 0 Å². The Morgan fingerprint density at radius 1 is 1.06 bits per heavy atom. The quantitative estimate of drug-likeness (QED) is 0.599. The van der Waals surface area contributed by atoms with Crippen molar-refractivity contribution >= 4 is 22.8 Å². The van der Waals surface area contributed by atoms with Gasteiger partial charge < -0.3 is 0 Å². The number of hydrogen-bond acceptors (Lipinski definition) is 4. The van der Waals surface area contributed by atoms with E-state index in [2.05, 4.69) is 39.7 Å². The summed E-state index contributed by atoms with van der Waals surface area (Å²) >= 11 is 1.37. The van der Waals surface area contributed by atoms with Crippen molar-refractivity contribution in [1.82, 2.24) is 8.75 Å². The van der Waals surface area contributed by atoms with E-state index in [1.54, 1.807) is 0 Å². The molecule has 0 radical (unpaired) electrons. The molecule has 2 aromatic rings. The second-order valence-corrected chi connectivity index (χ2v) is 9.81. The molecule has 0 amide bonds. The van der Waals surface area contributed by atoms with Crippen molar-refractivity contribution in [3.05, 3.63) is 23.3 Å². The Hall–Kier alpha value is -0.270. The molecule has 0 atom stereocenters. The standard InChI is InChI=1S/C13H19IN3S/c1-12(2,14-5)8-6-7-9(13(3,4)15)11-10(8)16-18-17-11/h6-7H,15H2,1-5H3/q-1. The first-order valence-electron chi connectivity index (χ1n) is 5.83. The van der Waals surface area contributed by atoms with E-state index in [1.807, 2.05) is 13.8 Å². The molecule has 0 bridgehead atoms. The average Bonchev–Trinajstić information content (AvgIpc) is 2.74. The van der Waals surface area contributed by atoms with Gasteiger partial charge in [0.25, 0.3) is 0 Å². The van der Waals surface area contributed by atoms with Crippen molar-refractivity contribution in [2.75, 3.05) is 4.93 Å². The summed E-state index contributed by atoms with van der Waals surface area (Å²) in [5.74, 6) is 0. The van der Waals surface area contributed by atoms with E-state index in [-0.39, 0.29) is 30.2 Å². The van der Waals surface area contributed by atoms with Gasteiger partial charge in [0, 0.05) is 0 Å². The molecular weight excluding hydrogens is 357 g/mol. The SMILES string of the molecule is C[I-]C(C)(C)c1ccc(C(C)(C)N)c2nsnc12. The van der Waals surface area contributed by atoms with Crippen molar-refractivity contribution in [2.24, 2.45) is 5.73 Å². The van der Waals surface area contributed by atoms with Gasteiger partial charge in [-0.3, -0.25) is 0 Å². The number of benzene rings is 1. The predicted molar refractivity (Wildman–Crippen MR) is 73.6 cm³/mol. The van der Waals surface area contributed by atoms with Gasteiger partial charge in [-0.2, -0.15) is 0 Å². The summed E-state index contributed by atoms with van der Waals surface area (Å²) in [6.07, 6.45) is 0. The Balaban J connectivity index is 2.73. The van der Waals surface area contributed by atoms with Crippen LogP contribution in [-0.4, -0.2) is 13.7 Å². The van der Waals surface area contributed by atoms with Gasteiger partial charge in [0.2, 0.25) is 0 Å². The van der Waals surface area contributed by atoms with Gasteiger partial charge in [0.05, 0.1) is 0 Å². The summed E-state index contributed by atoms with van der Waals surface area (Å²) in [5.41, 5.74) is 10.3. The fraction of sp³-hybridized carbons (Fsp3) is 0.538. The summed E-state index contributed by atoms with van der Waals surface area (Å²) in [7, 11) is 0. The van der Waals surface area contributed by atoms with E-state index in [0.29, 0.717) is 0 Å². The van der Waals surface area contributed by atoms with Crippen LogP contribution in [0.3, 0.4) is 0 Å². The van der Waals surface area contributed by atoms with E-state index in [1.165, 1.54) is 17.3 Å². The van der Waals surface area contributed by atoms with Crippen LogP contribution >= 0.6 is 11.7 Å². The zero-order valence-corrected chi connectivity index (χ0v) is 14.4. The number of halogens is 1. The van der Waals surface area contributed by atoms with Gasteiger partial charge in [-0.25, -0.2) is 0 Å². The minimum atomic E-state index is -0.377. The average molecular weight is 376 g/mol. The molecular formula is C13H19IN3S-. The Bertz CT molecular complexity index is 569. The molecule has 0 aliphatic rings. The van der Waals surface area contributed by atoms with Crippen LogP contribution in [0.5, 0.6) is 0 Å². The Labute approximate surface area is 123 Å². The first-order valence-corrected chi connectivity index (χ1v) is 9.80. The van der Waals surface area contributed by atoms with Crippen LogP contribution in [-0.2, 0) is 8.96 Å². The summed E-state index contributed by atoms with van der Waals surface area (Å²) in [5, 5.41) is 0. The van der Waals surface area contributed by atoms with Crippen LogP contribution in [0.15, 0.2) is 12.1 Å². The molecule has 3 nitrogen and oxygen atoms in total. The number of nitrogens with two attached hydrogens (primary N) is 1. The maximum absolute atomic E-state index is 6.22. The molecule has 18 heavy (non-hydrogen) atoms. The molecule has 0 spiro atoms. The Morgan fingerprint density at radius 2 is 1.56 bits per heavy atom. The van der Waals surface area contributed by atoms with Gasteiger partial charge in [-0.1, -0.05) is 0 Å². The van der Waals surface area contributed by atoms with Crippen LogP contribution in [0, 0.1) is 0 Å². The summed E-state index contributed by atoms with van der Waals surface area (Å²) in [6, 6.07) is 4.32. The Kier molecular flexibility index (Phi) is 3.68. The van der Waals surface area contributed by atoms with Crippen molar-refractivity contribution in [3.8, 4) is 0 Å². The normalized spacial score (nSPS) is 13.4. The fourth-order valence-electron chi connectivity index (χ4n) is 1.97. The molecule has 0 unspecified atom stereocenters. The molecule has 100 valence electrons. The van der Waals surface area contributed by atoms with Crippen molar-refractivity contribution in [1.29, 1.82) is 0 Å². The van der Waals surface area contributed by atoms with Crippen molar-refractivity contribution in [3.63, 3.8) is 0 Å². The van der Waals surface area contributed by atoms with Gasteiger partial charge in [-0.15, -0.1) is 0 Å². The number of alkyl halides is 2. The molecule has 1 aromatic carbocycles. The summed E-state index contributed by atoms with van der Waals surface area (Å²) < 4.78 is 9.18. The molecule has 0 saturated heterocycles. The van der Waals surface area contributed by atoms with E-state index in [0.717, 1.165) is 16.6 Å². The molecule has 5 heteroatoms. The monoisotopic (exact) mass is 376 g/mol. The van der Waals surface area contributed by atoms with E-state index >= 15 is 0 Å². The fourth-order valence-corrected chi connectivity index (χ4v) is 3.56. The van der Waals surface area contributed by atoms with Crippen LogP contribution in [0.1, 0.15) is 38.8 Å². The van der Waals surface area contributed by atoms with Gasteiger partial charge >= 0.3 is 123 Å². The third kappa shape index (κ3) is 2.40. The van der Waals surface area contributed by atoms with E-state index in [9.17, 15) is 0 Å². The van der Waals surface area contributed by atoms with Gasteiger partial charge in [0.1, 0.15) is 0 Å². The number of aromatic nitrogens is 2. The second kappa shape index (κ2) is 4.68. The Morgan fingerprint density at radius 3 is 2.06 bits per heavy atom. The maximum atomic E-state index is 6.22. The first-order chi connectivity index (χ1) is 8.27. The topological polar surface area (TPSA) is 51.8 Å². The molecule has 1 heterocycles. The zero-order chi connectivity index (χ0) is 13.6. The van der Waals surface area contributed by atoms with Crippen molar-refractivity contribution < 1.29 is 21.2 Å². The van der Waals surface area contributed by atoms with E-state index in [4.69, 9.17) is 5.73 Å². The molecule has 1 aromatic heterocycles. The first kappa shape index (κ1) is 14.1. The molecule has 0 aliphatic carbocycles. The van der Waals surface area contributed by atoms with Crippen LogP contribution < -0.4 is 26.9 Å². The number of rotatable bonds is 3. The van der Waals surface area contributed by atoms with Crippen LogP contribution in [0.4, 0.5) is 0 Å². The van der Waals surface area contributed by atoms with Gasteiger partial charge in [-0.05, 0) is 0 Å². The minimum absolute atomic E-state index is 0.0937. The number of nitrogens with zero attached hydrogens (tertiary/aromatic N) is 2. The molecule has 2 rings (SSSR count). The molecule has 2 N–H and O–H groups in total. The zero-order valence-electron chi connectivity index (χ0n) is 11.4. The van der Waals surface area contributed by atoms with E-state index < -0.39 is 0 Å². The van der Waals surface area contributed by atoms with Crippen molar-refractivity contribution in [2.45, 2.75) is 36.7 Å². The summed E-state index contributed by atoms with van der Waals surface area (Å²) in [4.78, 5) is 2.31. The predicted octanol–water partition coefficient (Wildman–Crippen LogP) is -0.161. The molecule has 0 fully saturated rings.